The number of fused-ring (bicyclic) bond motifs is 23. The maximum Gasteiger partial charge on any atom is 0.305 e. The monoisotopic (exact) mass is 1320 g/mol. The Morgan fingerprint density at radius 3 is 1.06 bits per heavy atom. The maximum atomic E-state index is 12.6. The number of hydrogen-bond donors (Lipinski definition) is 2. The molecule has 0 saturated carbocycles. The number of nitrogens with one attached hydrogen (secondary N) is 2. The van der Waals surface area contributed by atoms with Crippen molar-refractivity contribution < 1.29 is 90.1 Å². The van der Waals surface area contributed by atoms with Gasteiger partial charge in [0.05, 0.1) is 162 Å². The average molecular weight is 1330 g/mol. The number of aromatic amines is 2. The summed E-state index contributed by atoms with van der Waals surface area (Å²) in [5.74, 6) is 4.05. The lowest BCUT2D eigenvalue weighted by molar-refractivity contribution is -0.143. The number of ether oxygens (including phenoxy) is 18. The van der Waals surface area contributed by atoms with Gasteiger partial charge in [-0.2, -0.15) is 0 Å². The second-order valence-corrected chi connectivity index (χ2v) is 23.4. The molecule has 0 atom stereocenters. The number of benzene rings is 4. The van der Waals surface area contributed by atoms with Crippen LogP contribution in [0.4, 0.5) is 0 Å². The van der Waals surface area contributed by atoms with E-state index in [0.29, 0.717) is 220 Å². The van der Waals surface area contributed by atoms with Crippen molar-refractivity contribution in [3.8, 4) is 91.0 Å². The fraction of sp³-hybridized carbons (Fsp3) is 0.493. The summed E-state index contributed by atoms with van der Waals surface area (Å²) in [5, 5.41) is 3.36. The molecule has 8 bridgehead atoms. The molecule has 0 amide bonds. The number of hydrogen-bond acceptors (Lipinski definition) is 21. The molecule has 0 fully saturated rings. The summed E-state index contributed by atoms with van der Waals surface area (Å²) in [6.07, 6.45) is 6.79. The van der Waals surface area contributed by atoms with Crippen LogP contribution >= 0.6 is 0 Å². The van der Waals surface area contributed by atoms with Crippen LogP contribution in [0.5, 0.6) is 46.0 Å². The standard InChI is InChI=1S/C73H88N4O19/c1-3-4-5-8-12-96-73(78)10-7-6-9-11-89-66-38-50-49(37-65(66)79-2)57-45-59-51-39-67-68(91-32-26-84-20-14-80-13-19-83-25-31-90-67)40-52(51)61(75-59)47-63-55-43-71-72(95-36-30-88-24-18-82-17-23-87-29-35-94-71)44-56(55)64(77-63)48-62-54-42-70-69(41-53(54)60(76-62)46-58(50)74-57)92-33-27-85-21-15-81-16-22-86-28-34-93-70/h37-48,74-75H,3-36H2,1-2H3. The zero-order chi connectivity index (χ0) is 65.5. The van der Waals surface area contributed by atoms with Crippen LogP contribution in [0.3, 0.4) is 0 Å². The van der Waals surface area contributed by atoms with Crippen molar-refractivity contribution in [2.45, 2.75) is 58.3 Å². The first-order valence-corrected chi connectivity index (χ1v) is 33.8. The molecule has 8 heterocycles. The number of esters is 1. The van der Waals surface area contributed by atoms with Crippen molar-refractivity contribution in [3.63, 3.8) is 0 Å². The Kier molecular flexibility index (Phi) is 25.0. The van der Waals surface area contributed by atoms with E-state index in [0.717, 1.165) is 98.0 Å². The summed E-state index contributed by atoms with van der Waals surface area (Å²) < 4.78 is 110. The molecule has 0 unspecified atom stereocenters. The lowest BCUT2D eigenvalue weighted by atomic mass is 10.0. The third-order valence-electron chi connectivity index (χ3n) is 16.7. The Bertz CT molecular complexity index is 3890. The molecule has 5 aliphatic heterocycles. The summed E-state index contributed by atoms with van der Waals surface area (Å²) in [6, 6.07) is 24.2. The van der Waals surface area contributed by atoms with Gasteiger partial charge < -0.3 is 95.2 Å². The third-order valence-corrected chi connectivity index (χ3v) is 16.7. The van der Waals surface area contributed by atoms with Crippen LogP contribution in [-0.4, -0.2) is 205 Å². The Morgan fingerprint density at radius 1 is 0.354 bits per heavy atom. The third kappa shape index (κ3) is 18.0. The number of carbonyl (C=O) groups excluding carboxylic acids is 1. The first-order chi connectivity index (χ1) is 47.5. The van der Waals surface area contributed by atoms with Gasteiger partial charge in [-0.25, -0.2) is 9.97 Å². The summed E-state index contributed by atoms with van der Waals surface area (Å²) in [5.41, 5.74) is 8.65. The number of H-pyrrole nitrogens is 2. The highest BCUT2D eigenvalue weighted by molar-refractivity contribution is 6.13. The number of nitrogens with zero attached hydrogens (tertiary/aromatic N) is 2. The molecule has 0 spiro atoms. The minimum atomic E-state index is -0.159. The van der Waals surface area contributed by atoms with Gasteiger partial charge in [0, 0.05) is 72.3 Å². The van der Waals surface area contributed by atoms with Crippen molar-refractivity contribution >= 4 is 49.6 Å². The maximum absolute atomic E-state index is 12.6. The largest absolute Gasteiger partial charge is 0.493 e. The molecule has 96 heavy (non-hydrogen) atoms. The van der Waals surface area contributed by atoms with E-state index in [-0.39, 0.29) is 45.6 Å². The molecular formula is C73H88N4O19. The summed E-state index contributed by atoms with van der Waals surface area (Å²) in [7, 11) is 1.64. The van der Waals surface area contributed by atoms with Gasteiger partial charge in [-0.3, -0.25) is 4.79 Å². The van der Waals surface area contributed by atoms with E-state index in [1.807, 2.05) is 54.6 Å². The van der Waals surface area contributed by atoms with Crippen molar-refractivity contribution in [2.24, 2.45) is 0 Å². The van der Waals surface area contributed by atoms with Crippen molar-refractivity contribution in [2.75, 3.05) is 179 Å². The van der Waals surface area contributed by atoms with E-state index in [9.17, 15) is 4.79 Å². The fourth-order valence-electron chi connectivity index (χ4n) is 11.8. The van der Waals surface area contributed by atoms with Crippen LogP contribution in [-0.2, 0) is 52.2 Å². The highest BCUT2D eigenvalue weighted by Crippen LogP contribution is 2.49. The number of unbranched alkanes of at least 4 members (excludes halogenated alkanes) is 5. The van der Waals surface area contributed by atoms with Crippen LogP contribution in [0.15, 0.2) is 72.8 Å². The molecule has 23 nitrogen and oxygen atoms in total. The van der Waals surface area contributed by atoms with Crippen molar-refractivity contribution in [1.29, 1.82) is 0 Å². The second kappa shape index (κ2) is 35.3. The predicted octanol–water partition coefficient (Wildman–Crippen LogP) is 11.8. The topological polar surface area (TPSA) is 241 Å². The van der Waals surface area contributed by atoms with Gasteiger partial charge in [0.15, 0.2) is 46.0 Å². The van der Waals surface area contributed by atoms with Crippen LogP contribution in [0, 0.1) is 0 Å². The first kappa shape index (κ1) is 68.0. The van der Waals surface area contributed by atoms with Gasteiger partial charge in [0.2, 0.25) is 0 Å². The lowest BCUT2D eigenvalue weighted by Gasteiger charge is -2.15. The van der Waals surface area contributed by atoms with E-state index in [1.54, 1.807) is 7.11 Å². The van der Waals surface area contributed by atoms with Crippen LogP contribution in [0.1, 0.15) is 58.3 Å². The van der Waals surface area contributed by atoms with E-state index < -0.39 is 0 Å². The summed E-state index contributed by atoms with van der Waals surface area (Å²) in [6.45, 7) is 11.7. The smallest absolute Gasteiger partial charge is 0.305 e. The summed E-state index contributed by atoms with van der Waals surface area (Å²) in [4.78, 5) is 31.3. The Balaban J connectivity index is 1.04. The zero-order valence-electron chi connectivity index (χ0n) is 55.1. The van der Waals surface area contributed by atoms with Crippen LogP contribution < -0.4 is 37.9 Å². The molecule has 23 heteroatoms. The molecule has 2 N–H and O–H groups in total. The molecule has 0 radical (unpaired) electrons. The van der Waals surface area contributed by atoms with Gasteiger partial charge in [-0.05, 0) is 98.5 Å². The number of carbonyl (C=O) groups is 1. The molecular weight excluding hydrogens is 1240 g/mol. The van der Waals surface area contributed by atoms with Gasteiger partial charge in [0.1, 0.15) is 39.6 Å². The van der Waals surface area contributed by atoms with Gasteiger partial charge in [-0.1, -0.05) is 26.2 Å². The minimum absolute atomic E-state index is 0.159. The average Bonchev–Trinajstić information content (AvgIpc) is 1.60. The zero-order valence-corrected chi connectivity index (χ0v) is 55.1. The number of methoxy groups -OCH3 is 1. The van der Waals surface area contributed by atoms with Crippen molar-refractivity contribution in [1.82, 2.24) is 19.9 Å². The normalized spacial score (nSPS) is 16.9. The van der Waals surface area contributed by atoms with Crippen LogP contribution in [0.2, 0.25) is 0 Å². The molecule has 5 aliphatic rings. The molecule has 0 aliphatic carbocycles. The fourth-order valence-corrected chi connectivity index (χ4v) is 11.8. The number of aromatic nitrogens is 4. The molecule has 0 saturated heterocycles. The summed E-state index contributed by atoms with van der Waals surface area (Å²) >= 11 is 0. The first-order valence-electron chi connectivity index (χ1n) is 33.8. The molecule has 3 aromatic heterocycles. The predicted molar refractivity (Wildman–Crippen MR) is 361 cm³/mol. The van der Waals surface area contributed by atoms with Gasteiger partial charge in [0.25, 0.3) is 0 Å². The van der Waals surface area contributed by atoms with Crippen LogP contribution in [0.25, 0.3) is 88.6 Å². The Hall–Kier alpha value is -7.97. The molecule has 4 aromatic carbocycles. The van der Waals surface area contributed by atoms with Gasteiger partial charge in [-0.15, -0.1) is 0 Å². The minimum Gasteiger partial charge on any atom is -0.493 e. The van der Waals surface area contributed by atoms with E-state index in [1.165, 1.54) is 0 Å². The molecule has 514 valence electrons. The lowest BCUT2D eigenvalue weighted by Crippen LogP contribution is -2.13. The van der Waals surface area contributed by atoms with Crippen molar-refractivity contribution in [3.05, 3.63) is 72.8 Å². The number of rotatable bonds is 13. The Labute approximate surface area is 558 Å². The quantitative estimate of drug-likeness (QED) is 0.0805. The SMILES string of the molecule is CCCCCCOC(=O)CCCCCOc1cc2c3cc4nc(cc5nc(cc6[nH]c(cc([nH]3)c2cc1OC)c1cc2c(cc61)OCCOCCOCCOCCO2)-c1cc2c(cc1-5)OCCOCCOCCOCCO2)-c1cc2c(cc1-4)OCCOCCOCCOCCO2. The highest BCUT2D eigenvalue weighted by atomic mass is 16.6. The molecule has 7 aromatic rings. The van der Waals surface area contributed by atoms with E-state index in [2.05, 4.69) is 35.1 Å². The molecule has 12 rings (SSSR count). The van der Waals surface area contributed by atoms with E-state index in [4.69, 9.17) is 95.2 Å². The van der Waals surface area contributed by atoms with Gasteiger partial charge >= 0.3 is 5.97 Å². The Morgan fingerprint density at radius 2 is 0.677 bits per heavy atom. The van der Waals surface area contributed by atoms with E-state index >= 15 is 0 Å². The highest BCUT2D eigenvalue weighted by Gasteiger charge is 2.27. The second-order valence-electron chi connectivity index (χ2n) is 23.4.